The smallest absolute Gasteiger partial charge is 0.240 e. The fourth-order valence-electron chi connectivity index (χ4n) is 2.72. The van der Waals surface area contributed by atoms with Crippen LogP contribution < -0.4 is 14.4 Å². The van der Waals surface area contributed by atoms with Crippen molar-refractivity contribution in [2.24, 2.45) is 0 Å². The zero-order valence-corrected chi connectivity index (χ0v) is 14.3. The van der Waals surface area contributed by atoms with Gasteiger partial charge in [0.05, 0.1) is 12.0 Å². The van der Waals surface area contributed by atoms with Gasteiger partial charge in [-0.2, -0.15) is 0 Å². The van der Waals surface area contributed by atoms with E-state index < -0.39 is 21.9 Å². The van der Waals surface area contributed by atoms with Crippen LogP contribution in [-0.2, 0) is 14.8 Å². The molecule has 25 heavy (non-hydrogen) atoms. The molecule has 2 aromatic carbocycles. The number of sulfonamides is 1. The summed E-state index contributed by atoms with van der Waals surface area (Å²) in [6.07, 6.45) is 0.0197. The minimum atomic E-state index is -3.76. The zero-order valence-electron chi connectivity index (χ0n) is 13.5. The zero-order chi connectivity index (χ0) is 18.0. The molecule has 0 radical (unpaired) electrons. The lowest BCUT2D eigenvalue weighted by atomic mass is 10.3. The highest BCUT2D eigenvalue weighted by Gasteiger charge is 2.33. The molecule has 8 heteroatoms. The average Bonchev–Trinajstić information content (AvgIpc) is 2.94. The molecular weight excluding hydrogens is 347 g/mol. The van der Waals surface area contributed by atoms with E-state index in [1.54, 1.807) is 18.2 Å². The number of halogens is 1. The number of carbonyl (C=O) groups is 1. The molecule has 3 rings (SSSR count). The third kappa shape index (κ3) is 3.80. The molecular formula is C17H17FN2O4S. The summed E-state index contributed by atoms with van der Waals surface area (Å²) >= 11 is 0. The van der Waals surface area contributed by atoms with Gasteiger partial charge in [-0.25, -0.2) is 17.5 Å². The minimum Gasteiger partial charge on any atom is -0.497 e. The summed E-state index contributed by atoms with van der Waals surface area (Å²) < 4.78 is 45.8. The second kappa shape index (κ2) is 6.81. The van der Waals surface area contributed by atoms with Crippen molar-refractivity contribution >= 4 is 21.6 Å². The van der Waals surface area contributed by atoms with Crippen molar-refractivity contribution in [3.8, 4) is 5.75 Å². The highest BCUT2D eigenvalue weighted by atomic mass is 32.2. The van der Waals surface area contributed by atoms with Crippen LogP contribution in [0.25, 0.3) is 0 Å². The Bertz CT molecular complexity index is 884. The van der Waals surface area contributed by atoms with Crippen molar-refractivity contribution < 1.29 is 22.3 Å². The molecule has 1 atom stereocenters. The molecule has 1 aliphatic rings. The maximum atomic E-state index is 13.3. The van der Waals surface area contributed by atoms with Crippen LogP contribution in [0.5, 0.6) is 5.75 Å². The number of methoxy groups -OCH3 is 1. The lowest BCUT2D eigenvalue weighted by molar-refractivity contribution is -0.117. The fourth-order valence-corrected chi connectivity index (χ4v) is 3.95. The summed E-state index contributed by atoms with van der Waals surface area (Å²) in [6.45, 7) is 0.150. The molecule has 0 spiro atoms. The monoisotopic (exact) mass is 364 g/mol. The maximum Gasteiger partial charge on any atom is 0.240 e. The molecule has 1 amide bonds. The molecule has 0 saturated carbocycles. The molecule has 1 fully saturated rings. The lowest BCUT2D eigenvalue weighted by Gasteiger charge is -2.17. The first kappa shape index (κ1) is 17.4. The van der Waals surface area contributed by atoms with Gasteiger partial charge in [-0.15, -0.1) is 0 Å². The van der Waals surface area contributed by atoms with Crippen LogP contribution in [0, 0.1) is 5.82 Å². The van der Waals surface area contributed by atoms with Gasteiger partial charge < -0.3 is 9.64 Å². The van der Waals surface area contributed by atoms with E-state index in [0.29, 0.717) is 11.4 Å². The Labute approximate surface area is 145 Å². The normalized spacial score (nSPS) is 17.8. The van der Waals surface area contributed by atoms with E-state index in [0.717, 1.165) is 0 Å². The number of hydrogen-bond donors (Lipinski definition) is 1. The van der Waals surface area contributed by atoms with Crippen molar-refractivity contribution in [2.45, 2.75) is 17.4 Å². The molecule has 0 unspecified atom stereocenters. The summed E-state index contributed by atoms with van der Waals surface area (Å²) in [6, 6.07) is 11.0. The third-order valence-electron chi connectivity index (χ3n) is 3.94. The maximum absolute atomic E-state index is 13.3. The van der Waals surface area contributed by atoms with E-state index in [4.69, 9.17) is 4.74 Å². The minimum absolute atomic E-state index is 0.0197. The predicted octanol–water partition coefficient (Wildman–Crippen LogP) is 1.92. The Kier molecular flexibility index (Phi) is 4.73. The third-order valence-corrected chi connectivity index (χ3v) is 5.47. The van der Waals surface area contributed by atoms with E-state index in [-0.39, 0.29) is 23.8 Å². The van der Waals surface area contributed by atoms with Crippen molar-refractivity contribution in [1.82, 2.24) is 4.72 Å². The fraction of sp³-hybridized carbons (Fsp3) is 0.235. The van der Waals surface area contributed by atoms with Crippen LogP contribution in [0.4, 0.5) is 10.1 Å². The average molecular weight is 364 g/mol. The van der Waals surface area contributed by atoms with Gasteiger partial charge in [0.2, 0.25) is 15.9 Å². The Morgan fingerprint density at radius 1 is 1.20 bits per heavy atom. The summed E-state index contributed by atoms with van der Waals surface area (Å²) in [7, 11) is -2.27. The number of carbonyl (C=O) groups excluding carboxylic acids is 1. The second-order valence-electron chi connectivity index (χ2n) is 5.68. The van der Waals surface area contributed by atoms with Crippen molar-refractivity contribution in [3.63, 3.8) is 0 Å². The Morgan fingerprint density at radius 2 is 1.92 bits per heavy atom. The summed E-state index contributed by atoms with van der Waals surface area (Å²) in [5.41, 5.74) is 0.413. The largest absolute Gasteiger partial charge is 0.497 e. The van der Waals surface area contributed by atoms with Gasteiger partial charge in [-0.3, -0.25) is 4.79 Å². The first-order chi connectivity index (χ1) is 11.9. The molecule has 0 bridgehead atoms. The van der Waals surface area contributed by atoms with E-state index in [9.17, 15) is 17.6 Å². The molecule has 1 heterocycles. The van der Waals surface area contributed by atoms with Crippen LogP contribution in [0.3, 0.4) is 0 Å². The molecule has 1 aliphatic heterocycles. The van der Waals surface area contributed by atoms with Gasteiger partial charge in [0.25, 0.3) is 0 Å². The predicted molar refractivity (Wildman–Crippen MR) is 90.5 cm³/mol. The van der Waals surface area contributed by atoms with Gasteiger partial charge >= 0.3 is 0 Å². The molecule has 0 aromatic heterocycles. The Morgan fingerprint density at radius 3 is 2.56 bits per heavy atom. The molecule has 2 aromatic rings. The first-order valence-corrected chi connectivity index (χ1v) is 9.10. The molecule has 0 aliphatic carbocycles. The Hall–Kier alpha value is -2.45. The number of benzene rings is 2. The van der Waals surface area contributed by atoms with Crippen LogP contribution in [0.2, 0.25) is 0 Å². The summed E-state index contributed by atoms with van der Waals surface area (Å²) in [5, 5.41) is 0. The van der Waals surface area contributed by atoms with Gasteiger partial charge in [0.1, 0.15) is 11.6 Å². The standard InChI is InChI=1S/C17H17FN2O4S/c1-24-15-5-7-16(8-6-15)25(22,23)19-13-10-17(21)20(11-13)14-4-2-3-12(18)9-14/h2-9,13,19H,10-11H2,1H3/t13-/m0/s1. The molecule has 6 nitrogen and oxygen atoms in total. The van der Waals surface area contributed by atoms with Crippen molar-refractivity contribution in [1.29, 1.82) is 0 Å². The second-order valence-corrected chi connectivity index (χ2v) is 7.40. The van der Waals surface area contributed by atoms with Gasteiger partial charge in [-0.05, 0) is 42.5 Å². The van der Waals surface area contributed by atoms with E-state index >= 15 is 0 Å². The molecule has 1 N–H and O–H groups in total. The highest BCUT2D eigenvalue weighted by molar-refractivity contribution is 7.89. The first-order valence-electron chi connectivity index (χ1n) is 7.61. The summed E-state index contributed by atoms with van der Waals surface area (Å²) in [4.78, 5) is 13.6. The van der Waals surface area contributed by atoms with Crippen molar-refractivity contribution in [3.05, 3.63) is 54.3 Å². The van der Waals surface area contributed by atoms with Gasteiger partial charge in [0.15, 0.2) is 0 Å². The van der Waals surface area contributed by atoms with E-state index in [1.807, 2.05) is 0 Å². The number of nitrogens with zero attached hydrogens (tertiary/aromatic N) is 1. The van der Waals surface area contributed by atoms with Crippen LogP contribution in [-0.4, -0.2) is 34.0 Å². The molecule has 132 valence electrons. The van der Waals surface area contributed by atoms with Gasteiger partial charge in [-0.1, -0.05) is 6.07 Å². The number of hydrogen-bond acceptors (Lipinski definition) is 4. The number of rotatable bonds is 5. The number of anilines is 1. The highest BCUT2D eigenvalue weighted by Crippen LogP contribution is 2.23. The van der Waals surface area contributed by atoms with Crippen LogP contribution >= 0.6 is 0 Å². The number of ether oxygens (including phenoxy) is 1. The topological polar surface area (TPSA) is 75.7 Å². The van der Waals surface area contributed by atoms with E-state index in [1.165, 1.54) is 42.3 Å². The van der Waals surface area contributed by atoms with Crippen LogP contribution in [0.15, 0.2) is 53.4 Å². The van der Waals surface area contributed by atoms with Crippen LogP contribution in [0.1, 0.15) is 6.42 Å². The van der Waals surface area contributed by atoms with Crippen molar-refractivity contribution in [2.75, 3.05) is 18.6 Å². The Balaban J connectivity index is 1.74. The molecule has 1 saturated heterocycles. The lowest BCUT2D eigenvalue weighted by Crippen LogP contribution is -2.37. The number of amides is 1. The quantitative estimate of drug-likeness (QED) is 0.880. The van der Waals surface area contributed by atoms with Gasteiger partial charge in [0, 0.05) is 24.7 Å². The SMILES string of the molecule is COc1ccc(S(=O)(=O)N[C@H]2CC(=O)N(c3cccc(F)c3)C2)cc1. The summed E-state index contributed by atoms with van der Waals surface area (Å²) in [5.74, 6) is -0.159. The van der Waals surface area contributed by atoms with E-state index in [2.05, 4.69) is 4.72 Å². The number of nitrogens with one attached hydrogen (secondary N) is 1.